The molecule has 126 valence electrons. The summed E-state index contributed by atoms with van der Waals surface area (Å²) in [5.41, 5.74) is 1.32. The Labute approximate surface area is 140 Å². The lowest BCUT2D eigenvalue weighted by atomic mass is 10.1. The van der Waals surface area contributed by atoms with E-state index in [9.17, 15) is 19.8 Å². The molecular weight excluding hydrogens is 308 g/mol. The summed E-state index contributed by atoms with van der Waals surface area (Å²) >= 11 is 0. The monoisotopic (exact) mass is 328 g/mol. The topological polar surface area (TPSA) is 89.9 Å². The van der Waals surface area contributed by atoms with E-state index in [1.807, 2.05) is 25.1 Å². The quantitative estimate of drug-likeness (QED) is 0.760. The lowest BCUT2D eigenvalue weighted by Crippen LogP contribution is -2.49. The molecular formula is C18H20N2O4. The van der Waals surface area contributed by atoms with Gasteiger partial charge in [0.15, 0.2) is 0 Å². The van der Waals surface area contributed by atoms with Gasteiger partial charge < -0.3 is 15.5 Å². The molecule has 0 fully saturated rings. The first-order valence-electron chi connectivity index (χ1n) is 7.65. The molecule has 0 saturated heterocycles. The van der Waals surface area contributed by atoms with Crippen molar-refractivity contribution in [1.29, 1.82) is 0 Å². The fraction of sp³-hybridized carbons (Fsp3) is 0.222. The predicted octanol–water partition coefficient (Wildman–Crippen LogP) is 2.62. The van der Waals surface area contributed by atoms with E-state index in [-0.39, 0.29) is 12.2 Å². The van der Waals surface area contributed by atoms with Crippen LogP contribution in [-0.2, 0) is 11.2 Å². The van der Waals surface area contributed by atoms with E-state index >= 15 is 0 Å². The number of benzene rings is 2. The van der Waals surface area contributed by atoms with Crippen molar-refractivity contribution < 1.29 is 19.8 Å². The van der Waals surface area contributed by atoms with Crippen LogP contribution in [0.5, 0.6) is 5.75 Å². The lowest BCUT2D eigenvalue weighted by Gasteiger charge is -2.24. The van der Waals surface area contributed by atoms with Crippen LogP contribution in [0.3, 0.4) is 0 Å². The number of aromatic hydroxyl groups is 1. The summed E-state index contributed by atoms with van der Waals surface area (Å²) in [5, 5.41) is 21.4. The minimum absolute atomic E-state index is 0.0578. The number of carboxylic acid groups (broad SMARTS) is 1. The molecule has 6 nitrogen and oxygen atoms in total. The van der Waals surface area contributed by atoms with Crippen molar-refractivity contribution in [3.05, 3.63) is 60.2 Å². The number of phenols is 1. The first-order valence-corrected chi connectivity index (χ1v) is 7.65. The Morgan fingerprint density at radius 2 is 1.83 bits per heavy atom. The third-order valence-corrected chi connectivity index (χ3v) is 3.58. The Morgan fingerprint density at radius 3 is 2.42 bits per heavy atom. The Kier molecular flexibility index (Phi) is 5.78. The minimum Gasteiger partial charge on any atom is -0.508 e. The van der Waals surface area contributed by atoms with Crippen molar-refractivity contribution in [2.75, 3.05) is 11.4 Å². The highest BCUT2D eigenvalue weighted by atomic mass is 16.4. The Morgan fingerprint density at radius 1 is 1.12 bits per heavy atom. The van der Waals surface area contributed by atoms with Gasteiger partial charge in [0.1, 0.15) is 11.8 Å². The van der Waals surface area contributed by atoms with Crippen LogP contribution < -0.4 is 10.2 Å². The van der Waals surface area contributed by atoms with Crippen LogP contribution in [0.25, 0.3) is 0 Å². The first kappa shape index (κ1) is 17.3. The molecule has 0 saturated carbocycles. The number of hydrogen-bond donors (Lipinski definition) is 3. The van der Waals surface area contributed by atoms with Crippen LogP contribution >= 0.6 is 0 Å². The second-order valence-electron chi connectivity index (χ2n) is 5.29. The van der Waals surface area contributed by atoms with E-state index in [0.717, 1.165) is 0 Å². The van der Waals surface area contributed by atoms with Gasteiger partial charge >= 0.3 is 12.0 Å². The van der Waals surface area contributed by atoms with Crippen molar-refractivity contribution in [2.45, 2.75) is 19.4 Å². The van der Waals surface area contributed by atoms with Gasteiger partial charge in [0.2, 0.25) is 0 Å². The summed E-state index contributed by atoms with van der Waals surface area (Å²) in [5.74, 6) is -1.07. The number of anilines is 1. The largest absolute Gasteiger partial charge is 0.508 e. The van der Waals surface area contributed by atoms with Gasteiger partial charge in [-0.1, -0.05) is 30.3 Å². The fourth-order valence-electron chi connectivity index (χ4n) is 2.40. The minimum atomic E-state index is -1.13. The molecule has 1 atom stereocenters. The number of amides is 2. The summed E-state index contributed by atoms with van der Waals surface area (Å²) < 4.78 is 0. The summed E-state index contributed by atoms with van der Waals surface area (Å²) in [6, 6.07) is 13.8. The zero-order valence-electron chi connectivity index (χ0n) is 13.3. The van der Waals surface area contributed by atoms with Gasteiger partial charge in [-0.3, -0.25) is 4.90 Å². The highest BCUT2D eigenvalue weighted by Gasteiger charge is 2.23. The van der Waals surface area contributed by atoms with Crippen LogP contribution in [0, 0.1) is 0 Å². The summed E-state index contributed by atoms with van der Waals surface area (Å²) in [4.78, 5) is 25.4. The molecule has 0 spiro atoms. The lowest BCUT2D eigenvalue weighted by molar-refractivity contribution is -0.139. The smallest absolute Gasteiger partial charge is 0.326 e. The van der Waals surface area contributed by atoms with Gasteiger partial charge in [0.05, 0.1) is 0 Å². The maximum atomic E-state index is 12.4. The molecule has 2 rings (SSSR count). The van der Waals surface area contributed by atoms with Crippen LogP contribution in [-0.4, -0.2) is 34.8 Å². The van der Waals surface area contributed by atoms with Crippen molar-refractivity contribution in [3.63, 3.8) is 0 Å². The molecule has 0 heterocycles. The average molecular weight is 328 g/mol. The molecule has 0 aliphatic heterocycles. The Hall–Kier alpha value is -3.02. The number of urea groups is 1. The number of carbonyl (C=O) groups is 2. The predicted molar refractivity (Wildman–Crippen MR) is 91.2 cm³/mol. The zero-order valence-corrected chi connectivity index (χ0v) is 13.3. The normalized spacial score (nSPS) is 11.5. The van der Waals surface area contributed by atoms with E-state index in [2.05, 4.69) is 5.32 Å². The summed E-state index contributed by atoms with van der Waals surface area (Å²) in [7, 11) is 0. The highest BCUT2D eigenvalue weighted by molar-refractivity contribution is 5.94. The third-order valence-electron chi connectivity index (χ3n) is 3.58. The van der Waals surface area contributed by atoms with E-state index in [4.69, 9.17) is 0 Å². The van der Waals surface area contributed by atoms with Crippen molar-refractivity contribution in [2.24, 2.45) is 0 Å². The number of aliphatic carboxylic acids is 1. The highest BCUT2D eigenvalue weighted by Crippen LogP contribution is 2.15. The van der Waals surface area contributed by atoms with Crippen LogP contribution in [0.2, 0.25) is 0 Å². The first-order chi connectivity index (χ1) is 11.5. The van der Waals surface area contributed by atoms with E-state index in [1.165, 1.54) is 17.0 Å². The number of hydrogen-bond acceptors (Lipinski definition) is 3. The Bertz CT molecular complexity index is 703. The SMILES string of the molecule is CCN(C(=O)N[C@H](Cc1cccc(O)c1)C(=O)O)c1ccccc1. The van der Waals surface area contributed by atoms with Gasteiger partial charge in [-0.25, -0.2) is 9.59 Å². The van der Waals surface area contributed by atoms with Crippen molar-refractivity contribution >= 4 is 17.7 Å². The number of nitrogens with one attached hydrogen (secondary N) is 1. The maximum absolute atomic E-state index is 12.4. The van der Waals surface area contributed by atoms with Gasteiger partial charge in [-0.05, 0) is 36.8 Å². The van der Waals surface area contributed by atoms with Crippen LogP contribution in [0.4, 0.5) is 10.5 Å². The number of carbonyl (C=O) groups excluding carboxylic acids is 1. The number of carboxylic acids is 1. The molecule has 3 N–H and O–H groups in total. The summed E-state index contributed by atoms with van der Waals surface area (Å²) in [6.07, 6.45) is 0.0851. The van der Waals surface area contributed by atoms with E-state index < -0.39 is 18.0 Å². The molecule has 24 heavy (non-hydrogen) atoms. The molecule has 6 heteroatoms. The molecule has 2 aromatic carbocycles. The molecule has 0 unspecified atom stereocenters. The maximum Gasteiger partial charge on any atom is 0.326 e. The molecule has 0 aliphatic rings. The van der Waals surface area contributed by atoms with E-state index in [0.29, 0.717) is 17.8 Å². The summed E-state index contributed by atoms with van der Waals surface area (Å²) in [6.45, 7) is 2.23. The van der Waals surface area contributed by atoms with Gasteiger partial charge in [0, 0.05) is 18.7 Å². The number of para-hydroxylation sites is 1. The number of rotatable bonds is 6. The van der Waals surface area contributed by atoms with Gasteiger partial charge in [0.25, 0.3) is 0 Å². The Balaban J connectivity index is 2.11. The third kappa shape index (κ3) is 4.49. The standard InChI is InChI=1S/C18H20N2O4/c1-2-20(14-8-4-3-5-9-14)18(24)19-16(17(22)23)12-13-7-6-10-15(21)11-13/h3-11,16,21H,2,12H2,1H3,(H,19,24)(H,22,23)/t16-/m1/s1. The van der Waals surface area contributed by atoms with Gasteiger partial charge in [-0.15, -0.1) is 0 Å². The van der Waals surface area contributed by atoms with Crippen LogP contribution in [0.15, 0.2) is 54.6 Å². The molecule has 0 bridgehead atoms. The number of phenolic OH excluding ortho intramolecular Hbond substituents is 1. The van der Waals surface area contributed by atoms with Gasteiger partial charge in [-0.2, -0.15) is 0 Å². The molecule has 2 amide bonds. The average Bonchev–Trinajstić information content (AvgIpc) is 2.56. The number of nitrogens with zero attached hydrogens (tertiary/aromatic N) is 1. The second-order valence-corrected chi connectivity index (χ2v) is 5.29. The van der Waals surface area contributed by atoms with Crippen molar-refractivity contribution in [3.8, 4) is 5.75 Å². The molecule has 0 aromatic heterocycles. The van der Waals surface area contributed by atoms with Crippen molar-refractivity contribution in [1.82, 2.24) is 5.32 Å². The molecule has 0 aliphatic carbocycles. The zero-order chi connectivity index (χ0) is 17.5. The second kappa shape index (κ2) is 8.01. The molecule has 0 radical (unpaired) electrons. The van der Waals surface area contributed by atoms with E-state index in [1.54, 1.807) is 24.3 Å². The fourth-order valence-corrected chi connectivity index (χ4v) is 2.40. The molecule has 2 aromatic rings. The van der Waals surface area contributed by atoms with Crippen LogP contribution in [0.1, 0.15) is 12.5 Å².